The van der Waals surface area contributed by atoms with Gasteiger partial charge < -0.3 is 24.7 Å². The van der Waals surface area contributed by atoms with Crippen LogP contribution >= 0.6 is 0 Å². The van der Waals surface area contributed by atoms with Gasteiger partial charge in [-0.25, -0.2) is 4.68 Å². The van der Waals surface area contributed by atoms with Gasteiger partial charge in [-0.2, -0.15) is 0 Å². The quantitative estimate of drug-likeness (QED) is 0.480. The van der Waals surface area contributed by atoms with Crippen LogP contribution in [0.2, 0.25) is 0 Å². The van der Waals surface area contributed by atoms with Crippen molar-refractivity contribution in [2.45, 2.75) is 63.6 Å². The number of aliphatic hydroxyl groups excluding tert-OH is 1. The minimum atomic E-state index is -1.29. The fraction of sp³-hybridized carbons (Fsp3) is 0.577. The molecular formula is C26H33N5O6. The predicted octanol–water partition coefficient (Wildman–Crippen LogP) is 1.27. The van der Waals surface area contributed by atoms with Gasteiger partial charge in [0.1, 0.15) is 23.8 Å². The maximum atomic E-state index is 14.4. The second-order valence-corrected chi connectivity index (χ2v) is 10.9. The molecular weight excluding hydrogens is 478 g/mol. The summed E-state index contributed by atoms with van der Waals surface area (Å²) in [5.41, 5.74) is -0.918. The zero-order chi connectivity index (χ0) is 26.7. The molecule has 5 rings (SSSR count). The minimum absolute atomic E-state index is 0.0513. The van der Waals surface area contributed by atoms with E-state index in [1.807, 2.05) is 38.1 Å². The first-order valence-electron chi connectivity index (χ1n) is 12.6. The van der Waals surface area contributed by atoms with Gasteiger partial charge in [0.25, 0.3) is 0 Å². The summed E-state index contributed by atoms with van der Waals surface area (Å²) < 4.78 is 8.06. The lowest BCUT2D eigenvalue weighted by molar-refractivity contribution is -0.160. The maximum absolute atomic E-state index is 14.4. The van der Waals surface area contributed by atoms with Crippen LogP contribution in [0.15, 0.2) is 36.9 Å². The lowest BCUT2D eigenvalue weighted by atomic mass is 9.66. The Morgan fingerprint density at radius 3 is 2.70 bits per heavy atom. The van der Waals surface area contributed by atoms with Crippen molar-refractivity contribution in [3.63, 3.8) is 0 Å². The number of carbonyl (C=O) groups excluding carboxylic acids is 2. The third-order valence-corrected chi connectivity index (χ3v) is 8.41. The van der Waals surface area contributed by atoms with Crippen LogP contribution in [0.1, 0.15) is 33.6 Å². The Morgan fingerprint density at radius 2 is 2.05 bits per heavy atom. The number of para-hydroxylation sites is 1. The summed E-state index contributed by atoms with van der Waals surface area (Å²) in [6, 6.07) is 5.62. The van der Waals surface area contributed by atoms with Gasteiger partial charge in [-0.3, -0.25) is 14.4 Å². The molecule has 6 atom stereocenters. The fourth-order valence-electron chi connectivity index (χ4n) is 6.73. The molecule has 1 spiro atoms. The summed E-state index contributed by atoms with van der Waals surface area (Å²) in [4.78, 5) is 43.7. The Hall–Kier alpha value is -3.31. The van der Waals surface area contributed by atoms with E-state index in [0.717, 1.165) is 5.52 Å². The summed E-state index contributed by atoms with van der Waals surface area (Å²) in [5.74, 6) is -4.23. The van der Waals surface area contributed by atoms with Gasteiger partial charge >= 0.3 is 5.97 Å². The molecule has 2 amide bonds. The summed E-state index contributed by atoms with van der Waals surface area (Å²) in [5, 5.41) is 28.8. The van der Waals surface area contributed by atoms with E-state index in [1.165, 1.54) is 9.80 Å². The normalized spacial score (nSPS) is 31.2. The SMILES string of the molecule is C=CCN(Cn1nnc2ccccc21)C(=O)C1N([C@@H](CO)C(C)C)C(=O)[C@@H]2[C@@H](C(=O)O)[C@@]3(C)CCC12O3. The highest BCUT2D eigenvalue weighted by molar-refractivity contribution is 5.98. The molecule has 3 aliphatic rings. The zero-order valence-corrected chi connectivity index (χ0v) is 21.3. The molecule has 2 N–H and O–H groups in total. The number of aliphatic carboxylic acids is 1. The summed E-state index contributed by atoms with van der Waals surface area (Å²) >= 11 is 0. The largest absolute Gasteiger partial charge is 0.481 e. The molecule has 37 heavy (non-hydrogen) atoms. The fourth-order valence-corrected chi connectivity index (χ4v) is 6.73. The summed E-state index contributed by atoms with van der Waals surface area (Å²) in [7, 11) is 0. The lowest BCUT2D eigenvalue weighted by Crippen LogP contribution is -2.59. The number of benzene rings is 1. The van der Waals surface area contributed by atoms with Crippen LogP contribution < -0.4 is 0 Å². The number of carboxylic acids is 1. The highest BCUT2D eigenvalue weighted by atomic mass is 16.5. The molecule has 1 aromatic carbocycles. The second kappa shape index (κ2) is 8.91. The Kier molecular flexibility index (Phi) is 6.11. The van der Waals surface area contributed by atoms with Crippen LogP contribution in [-0.4, -0.2) is 89.2 Å². The van der Waals surface area contributed by atoms with Crippen LogP contribution in [0.3, 0.4) is 0 Å². The Labute approximate surface area is 214 Å². The van der Waals surface area contributed by atoms with Gasteiger partial charge in [-0.05, 0) is 37.8 Å². The highest BCUT2D eigenvalue weighted by Crippen LogP contribution is 2.63. The number of hydrogen-bond donors (Lipinski definition) is 2. The first-order chi connectivity index (χ1) is 17.6. The summed E-state index contributed by atoms with van der Waals surface area (Å²) in [6.45, 7) is 9.09. The van der Waals surface area contributed by atoms with E-state index in [1.54, 1.807) is 17.7 Å². The number of carboxylic acid groups (broad SMARTS) is 1. The molecule has 11 heteroatoms. The monoisotopic (exact) mass is 511 g/mol. The van der Waals surface area contributed by atoms with E-state index in [4.69, 9.17) is 4.74 Å². The summed E-state index contributed by atoms with van der Waals surface area (Å²) in [6.07, 6.45) is 2.39. The van der Waals surface area contributed by atoms with Crippen molar-refractivity contribution in [2.24, 2.45) is 17.8 Å². The first kappa shape index (κ1) is 25.3. The number of ether oxygens (including phenoxy) is 1. The number of hydrogen-bond acceptors (Lipinski definition) is 7. The Bertz CT molecular complexity index is 1260. The average molecular weight is 512 g/mol. The first-order valence-corrected chi connectivity index (χ1v) is 12.6. The number of rotatable bonds is 9. The Morgan fingerprint density at radius 1 is 1.32 bits per heavy atom. The van der Waals surface area contributed by atoms with Crippen molar-refractivity contribution in [3.05, 3.63) is 36.9 Å². The van der Waals surface area contributed by atoms with Crippen molar-refractivity contribution in [2.75, 3.05) is 13.2 Å². The van der Waals surface area contributed by atoms with E-state index < -0.39 is 52.9 Å². The maximum Gasteiger partial charge on any atom is 0.310 e. The molecule has 0 saturated carbocycles. The molecule has 2 unspecified atom stereocenters. The molecule has 198 valence electrons. The number of carbonyl (C=O) groups is 3. The molecule has 2 bridgehead atoms. The van der Waals surface area contributed by atoms with Gasteiger partial charge in [0.15, 0.2) is 0 Å². The molecule has 3 aliphatic heterocycles. The molecule has 2 aromatic rings. The highest BCUT2D eigenvalue weighted by Gasteiger charge is 2.79. The van der Waals surface area contributed by atoms with Crippen molar-refractivity contribution >= 4 is 28.8 Å². The zero-order valence-electron chi connectivity index (χ0n) is 21.3. The van der Waals surface area contributed by atoms with Gasteiger partial charge in [-0.15, -0.1) is 11.7 Å². The molecule has 3 fully saturated rings. The van der Waals surface area contributed by atoms with Crippen LogP contribution in [0.5, 0.6) is 0 Å². The van der Waals surface area contributed by atoms with Crippen molar-refractivity contribution < 1.29 is 29.3 Å². The van der Waals surface area contributed by atoms with Crippen LogP contribution in [0, 0.1) is 17.8 Å². The van der Waals surface area contributed by atoms with Gasteiger partial charge in [-0.1, -0.05) is 37.3 Å². The van der Waals surface area contributed by atoms with E-state index >= 15 is 0 Å². The number of aliphatic hydroxyl groups is 1. The van der Waals surface area contributed by atoms with E-state index in [-0.39, 0.29) is 25.7 Å². The smallest absolute Gasteiger partial charge is 0.310 e. The molecule has 3 saturated heterocycles. The minimum Gasteiger partial charge on any atom is -0.481 e. The third kappa shape index (κ3) is 3.58. The standard InChI is InChI=1S/C26H33N5O6/c1-5-12-29(14-30-17-9-7-6-8-16(17)27-28-30)23(34)21-26-11-10-25(4,37-26)20(24(35)36)19(26)22(33)31(21)18(13-32)15(2)3/h5-9,15,18-21,32H,1,10-14H2,2-4H3,(H,35,36)/t18-,19-,20-,21?,25+,26?/m0/s1. The molecule has 0 radical (unpaired) electrons. The van der Waals surface area contributed by atoms with Gasteiger partial charge in [0.2, 0.25) is 11.8 Å². The van der Waals surface area contributed by atoms with Crippen LogP contribution in [-0.2, 0) is 25.8 Å². The molecule has 4 heterocycles. The number of nitrogens with zero attached hydrogens (tertiary/aromatic N) is 5. The van der Waals surface area contributed by atoms with Crippen molar-refractivity contribution in [3.8, 4) is 0 Å². The van der Waals surface area contributed by atoms with E-state index in [0.29, 0.717) is 18.4 Å². The third-order valence-electron chi connectivity index (χ3n) is 8.41. The lowest BCUT2D eigenvalue weighted by Gasteiger charge is -2.40. The second-order valence-electron chi connectivity index (χ2n) is 10.9. The van der Waals surface area contributed by atoms with E-state index in [9.17, 15) is 24.6 Å². The number of aromatic nitrogens is 3. The van der Waals surface area contributed by atoms with Crippen molar-refractivity contribution in [1.82, 2.24) is 24.8 Å². The Balaban J connectivity index is 1.59. The van der Waals surface area contributed by atoms with Crippen LogP contribution in [0.25, 0.3) is 11.0 Å². The van der Waals surface area contributed by atoms with Crippen molar-refractivity contribution in [1.29, 1.82) is 0 Å². The molecule has 0 aliphatic carbocycles. The number of likely N-dealkylation sites (tertiary alicyclic amines) is 1. The number of amides is 2. The molecule has 11 nitrogen and oxygen atoms in total. The van der Waals surface area contributed by atoms with Crippen LogP contribution in [0.4, 0.5) is 0 Å². The molecule has 1 aromatic heterocycles. The van der Waals surface area contributed by atoms with Gasteiger partial charge in [0.05, 0.1) is 35.6 Å². The predicted molar refractivity (Wildman–Crippen MR) is 132 cm³/mol. The average Bonchev–Trinajstić information content (AvgIpc) is 3.55. The van der Waals surface area contributed by atoms with E-state index in [2.05, 4.69) is 16.9 Å². The number of fused-ring (bicyclic) bond motifs is 2. The van der Waals surface area contributed by atoms with Gasteiger partial charge in [0, 0.05) is 6.54 Å². The topological polar surface area (TPSA) is 138 Å².